The first-order valence-corrected chi connectivity index (χ1v) is 8.72. The first-order valence-electron chi connectivity index (χ1n) is 8.72. The molecule has 0 radical (unpaired) electrons. The fraction of sp³-hybridized carbons (Fsp3) is 0.350. The summed E-state index contributed by atoms with van der Waals surface area (Å²) in [5.41, 5.74) is 4.81. The molecule has 0 unspecified atom stereocenters. The number of aryl methyl sites for hydroxylation is 2. The molecule has 0 saturated carbocycles. The largest absolute Gasteiger partial charge is 0.421 e. The predicted molar refractivity (Wildman–Crippen MR) is 101 cm³/mol. The monoisotopic (exact) mass is 352 g/mol. The highest BCUT2D eigenvalue weighted by Crippen LogP contribution is 2.26. The van der Waals surface area contributed by atoms with Gasteiger partial charge in [0.1, 0.15) is 6.54 Å². The van der Waals surface area contributed by atoms with Crippen molar-refractivity contribution in [3.05, 3.63) is 53.2 Å². The van der Waals surface area contributed by atoms with Crippen molar-refractivity contribution in [3.8, 4) is 11.5 Å². The van der Waals surface area contributed by atoms with Crippen LogP contribution >= 0.6 is 0 Å². The molecule has 136 valence electrons. The molecule has 0 bridgehead atoms. The van der Waals surface area contributed by atoms with Gasteiger partial charge in [0.25, 0.3) is 0 Å². The third kappa shape index (κ3) is 3.69. The molecular weight excluding hydrogens is 328 g/mol. The summed E-state index contributed by atoms with van der Waals surface area (Å²) in [4.78, 5) is 12.5. The van der Waals surface area contributed by atoms with Crippen molar-refractivity contribution in [2.75, 3.05) is 5.32 Å². The van der Waals surface area contributed by atoms with E-state index >= 15 is 0 Å². The topological polar surface area (TPSA) is 73.0 Å². The Hall–Kier alpha value is -2.89. The molecule has 3 aromatic rings. The van der Waals surface area contributed by atoms with Crippen molar-refractivity contribution in [3.63, 3.8) is 0 Å². The highest BCUT2D eigenvalue weighted by Gasteiger charge is 2.17. The molecule has 0 spiro atoms. The number of aromatic nitrogens is 3. The third-order valence-electron chi connectivity index (χ3n) is 4.49. The number of hydrogen-bond acceptors (Lipinski definition) is 4. The Morgan fingerprint density at radius 3 is 2.42 bits per heavy atom. The normalized spacial score (nSPS) is 11.2. The molecule has 2 aromatic heterocycles. The molecule has 0 fully saturated rings. The average Bonchev–Trinajstić information content (AvgIpc) is 3.13. The minimum Gasteiger partial charge on any atom is -0.421 e. The number of amides is 1. The van der Waals surface area contributed by atoms with Crippen LogP contribution in [0.1, 0.15) is 42.6 Å². The summed E-state index contributed by atoms with van der Waals surface area (Å²) in [6.07, 6.45) is 0. The number of nitrogens with zero attached hydrogens (tertiary/aromatic N) is 3. The van der Waals surface area contributed by atoms with E-state index in [9.17, 15) is 4.79 Å². The van der Waals surface area contributed by atoms with Crippen LogP contribution in [0.25, 0.3) is 11.5 Å². The van der Waals surface area contributed by atoms with E-state index in [0.29, 0.717) is 17.7 Å². The Morgan fingerprint density at radius 2 is 1.85 bits per heavy atom. The zero-order valence-electron chi connectivity index (χ0n) is 15.8. The van der Waals surface area contributed by atoms with Gasteiger partial charge in [0.05, 0.1) is 5.56 Å². The van der Waals surface area contributed by atoms with Crippen molar-refractivity contribution < 1.29 is 9.21 Å². The van der Waals surface area contributed by atoms with E-state index in [1.54, 1.807) is 6.92 Å². The van der Waals surface area contributed by atoms with Gasteiger partial charge in [0.15, 0.2) is 0 Å². The molecule has 0 aliphatic carbocycles. The van der Waals surface area contributed by atoms with Crippen LogP contribution in [0.15, 0.2) is 34.7 Å². The number of carbonyl (C=O) groups excluding carboxylic acids is 1. The van der Waals surface area contributed by atoms with E-state index in [0.717, 1.165) is 22.6 Å². The Kier molecular flexibility index (Phi) is 4.93. The van der Waals surface area contributed by atoms with E-state index in [1.165, 1.54) is 5.56 Å². The van der Waals surface area contributed by atoms with Crippen molar-refractivity contribution in [2.45, 2.75) is 47.1 Å². The van der Waals surface area contributed by atoms with E-state index in [-0.39, 0.29) is 12.5 Å². The molecule has 0 aliphatic heterocycles. The zero-order chi connectivity index (χ0) is 18.8. The van der Waals surface area contributed by atoms with Gasteiger partial charge in [-0.15, -0.1) is 10.2 Å². The molecule has 2 heterocycles. The number of rotatable bonds is 5. The number of hydrogen-bond donors (Lipinski definition) is 1. The number of anilines is 1. The summed E-state index contributed by atoms with van der Waals surface area (Å²) in [6.45, 7) is 10.2. The lowest BCUT2D eigenvalue weighted by molar-refractivity contribution is -0.116. The second-order valence-corrected chi connectivity index (χ2v) is 6.82. The molecule has 1 aromatic carbocycles. The molecule has 0 saturated heterocycles. The second kappa shape index (κ2) is 7.15. The summed E-state index contributed by atoms with van der Waals surface area (Å²) < 4.78 is 7.46. The molecule has 6 heteroatoms. The van der Waals surface area contributed by atoms with Crippen molar-refractivity contribution >= 4 is 11.6 Å². The smallest absolute Gasteiger partial charge is 0.249 e. The van der Waals surface area contributed by atoms with Crippen LogP contribution in [0, 0.1) is 20.8 Å². The van der Waals surface area contributed by atoms with E-state index in [2.05, 4.69) is 29.4 Å². The Bertz CT molecular complexity index is 920. The second-order valence-electron chi connectivity index (χ2n) is 6.82. The minimum absolute atomic E-state index is 0.0719. The number of carbonyl (C=O) groups is 1. The maximum absolute atomic E-state index is 12.5. The lowest BCUT2D eigenvalue weighted by Crippen LogP contribution is -2.20. The molecule has 26 heavy (non-hydrogen) atoms. The van der Waals surface area contributed by atoms with Gasteiger partial charge >= 0.3 is 0 Å². The Labute approximate surface area is 153 Å². The number of nitrogens with one attached hydrogen (secondary N) is 1. The van der Waals surface area contributed by atoms with Crippen LogP contribution in [0.3, 0.4) is 0 Å². The van der Waals surface area contributed by atoms with E-state index < -0.39 is 0 Å². The molecule has 6 nitrogen and oxygen atoms in total. The van der Waals surface area contributed by atoms with E-state index in [4.69, 9.17) is 4.42 Å². The molecule has 1 amide bonds. The van der Waals surface area contributed by atoms with Gasteiger partial charge in [-0.25, -0.2) is 0 Å². The van der Waals surface area contributed by atoms with Crippen LogP contribution < -0.4 is 5.32 Å². The molecular formula is C20H24N4O2. The van der Waals surface area contributed by atoms with Crippen molar-refractivity contribution in [2.24, 2.45) is 0 Å². The van der Waals surface area contributed by atoms with Gasteiger partial charge in [0, 0.05) is 24.0 Å². The fourth-order valence-electron chi connectivity index (χ4n) is 2.96. The highest BCUT2D eigenvalue weighted by atomic mass is 16.4. The van der Waals surface area contributed by atoms with Gasteiger partial charge in [-0.3, -0.25) is 4.79 Å². The van der Waals surface area contributed by atoms with Gasteiger partial charge in [-0.1, -0.05) is 26.0 Å². The lowest BCUT2D eigenvalue weighted by atomic mass is 10.0. The van der Waals surface area contributed by atoms with Crippen molar-refractivity contribution in [1.82, 2.24) is 14.8 Å². The average molecular weight is 352 g/mol. The lowest BCUT2D eigenvalue weighted by Gasteiger charge is -2.11. The molecule has 3 rings (SSSR count). The maximum atomic E-state index is 12.5. The quantitative estimate of drug-likeness (QED) is 0.746. The third-order valence-corrected chi connectivity index (χ3v) is 4.49. The van der Waals surface area contributed by atoms with Crippen molar-refractivity contribution in [1.29, 1.82) is 0 Å². The summed E-state index contributed by atoms with van der Waals surface area (Å²) >= 11 is 0. The highest BCUT2D eigenvalue weighted by molar-refractivity contribution is 5.90. The maximum Gasteiger partial charge on any atom is 0.249 e. The fourth-order valence-corrected chi connectivity index (χ4v) is 2.96. The number of benzene rings is 1. The minimum atomic E-state index is -0.0719. The standard InChI is InChI=1S/C20H24N4O2/c1-12(2)16-6-8-17(9-7-16)21-19(25)11-24-13(3)10-18(14(24)4)20-23-22-15(5)26-20/h6-10,12H,11H2,1-5H3,(H,21,25). The summed E-state index contributed by atoms with van der Waals surface area (Å²) in [6, 6.07) is 9.93. The first kappa shape index (κ1) is 17.9. The summed E-state index contributed by atoms with van der Waals surface area (Å²) in [5, 5.41) is 10.9. The summed E-state index contributed by atoms with van der Waals surface area (Å²) in [5.74, 6) is 1.40. The van der Waals surface area contributed by atoms with Crippen LogP contribution in [0.5, 0.6) is 0 Å². The Balaban J connectivity index is 1.74. The van der Waals surface area contributed by atoms with Gasteiger partial charge < -0.3 is 14.3 Å². The van der Waals surface area contributed by atoms with Gasteiger partial charge in [0.2, 0.25) is 17.7 Å². The first-order chi connectivity index (χ1) is 12.3. The Morgan fingerprint density at radius 1 is 1.15 bits per heavy atom. The van der Waals surface area contributed by atoms with Gasteiger partial charge in [-0.2, -0.15) is 0 Å². The zero-order valence-corrected chi connectivity index (χ0v) is 15.8. The van der Waals surface area contributed by atoms with Crippen LogP contribution in [0.4, 0.5) is 5.69 Å². The SMILES string of the molecule is Cc1nnc(-c2cc(C)n(CC(=O)Nc3ccc(C(C)C)cc3)c2C)o1. The van der Waals surface area contributed by atoms with Crippen LogP contribution in [0.2, 0.25) is 0 Å². The van der Waals surface area contributed by atoms with E-state index in [1.807, 2.05) is 48.7 Å². The molecule has 0 atom stereocenters. The van der Waals surface area contributed by atoms with Crippen LogP contribution in [-0.4, -0.2) is 20.7 Å². The van der Waals surface area contributed by atoms with Gasteiger partial charge in [-0.05, 0) is 43.5 Å². The van der Waals surface area contributed by atoms with Crippen LogP contribution in [-0.2, 0) is 11.3 Å². The predicted octanol–water partition coefficient (Wildman–Crippen LogP) is 4.23. The molecule has 1 N–H and O–H groups in total. The molecule has 0 aliphatic rings. The summed E-state index contributed by atoms with van der Waals surface area (Å²) in [7, 11) is 0.